The average Bonchev–Trinajstić information content (AvgIpc) is 3.00. The first kappa shape index (κ1) is 12.1. The molecule has 2 N–H and O–H groups in total. The van der Waals surface area contributed by atoms with E-state index in [2.05, 4.69) is 9.44 Å². The minimum absolute atomic E-state index is 0.0588. The second-order valence-corrected chi connectivity index (χ2v) is 5.58. The average molecular weight is 254 g/mol. The van der Waals surface area contributed by atoms with Crippen molar-refractivity contribution in [3.8, 4) is 0 Å². The van der Waals surface area contributed by atoms with Gasteiger partial charge in [-0.2, -0.15) is 13.1 Å². The molecule has 0 aliphatic heterocycles. The first-order valence-corrected chi connectivity index (χ1v) is 6.86. The molecule has 6 heteroatoms. The summed E-state index contributed by atoms with van der Waals surface area (Å²) in [7, 11) is -3.53. The minimum atomic E-state index is -3.53. The van der Waals surface area contributed by atoms with E-state index in [9.17, 15) is 13.2 Å². The fourth-order valence-electron chi connectivity index (χ4n) is 1.41. The van der Waals surface area contributed by atoms with Crippen LogP contribution in [0.1, 0.15) is 30.1 Å². The van der Waals surface area contributed by atoms with Crippen LogP contribution in [0.5, 0.6) is 0 Å². The van der Waals surface area contributed by atoms with Crippen LogP contribution in [0.4, 0.5) is 5.69 Å². The second kappa shape index (κ2) is 4.46. The van der Waals surface area contributed by atoms with E-state index < -0.39 is 10.2 Å². The molecule has 0 bridgehead atoms. The van der Waals surface area contributed by atoms with Crippen molar-refractivity contribution in [2.45, 2.75) is 25.8 Å². The monoisotopic (exact) mass is 254 g/mol. The first-order chi connectivity index (χ1) is 7.96. The fourth-order valence-corrected chi connectivity index (χ4v) is 2.58. The Kier molecular flexibility index (Phi) is 3.17. The zero-order chi connectivity index (χ0) is 12.5. The summed E-state index contributed by atoms with van der Waals surface area (Å²) in [5, 5.41) is 0. The SMILES string of the molecule is CC(=O)c1cccc(NS(=O)(=O)NC2CC2)c1. The lowest BCUT2D eigenvalue weighted by atomic mass is 10.1. The van der Waals surface area contributed by atoms with Gasteiger partial charge in [-0.15, -0.1) is 0 Å². The molecule has 2 rings (SSSR count). The second-order valence-electron chi connectivity index (χ2n) is 4.13. The summed E-state index contributed by atoms with van der Waals surface area (Å²) in [5.41, 5.74) is 0.877. The van der Waals surface area contributed by atoms with Crippen molar-refractivity contribution in [1.29, 1.82) is 0 Å². The van der Waals surface area contributed by atoms with Gasteiger partial charge in [0.2, 0.25) is 0 Å². The summed E-state index contributed by atoms with van der Waals surface area (Å²) < 4.78 is 28.1. The Morgan fingerprint density at radius 2 is 2.06 bits per heavy atom. The van der Waals surface area contributed by atoms with E-state index in [1.54, 1.807) is 18.2 Å². The summed E-state index contributed by atoms with van der Waals surface area (Å²) in [5.74, 6) is -0.0961. The molecule has 1 saturated carbocycles. The molecular formula is C11H14N2O3S. The highest BCUT2D eigenvalue weighted by Gasteiger charge is 2.26. The molecule has 0 spiro atoms. The van der Waals surface area contributed by atoms with Gasteiger partial charge in [0, 0.05) is 11.6 Å². The lowest BCUT2D eigenvalue weighted by molar-refractivity contribution is 0.101. The van der Waals surface area contributed by atoms with Gasteiger partial charge in [0.15, 0.2) is 5.78 Å². The van der Waals surface area contributed by atoms with Gasteiger partial charge in [0.05, 0.1) is 5.69 Å². The normalized spacial score (nSPS) is 15.6. The summed E-state index contributed by atoms with van der Waals surface area (Å²) in [4.78, 5) is 11.2. The molecule has 0 radical (unpaired) electrons. The highest BCUT2D eigenvalue weighted by Crippen LogP contribution is 2.20. The maximum absolute atomic E-state index is 11.6. The molecule has 0 heterocycles. The summed E-state index contributed by atoms with van der Waals surface area (Å²) in [6.07, 6.45) is 1.77. The van der Waals surface area contributed by atoms with Crippen LogP contribution >= 0.6 is 0 Å². The van der Waals surface area contributed by atoms with Crippen LogP contribution in [-0.2, 0) is 10.2 Å². The number of anilines is 1. The third-order valence-corrected chi connectivity index (χ3v) is 3.57. The predicted octanol–water partition coefficient (Wildman–Crippen LogP) is 1.30. The van der Waals surface area contributed by atoms with Crippen molar-refractivity contribution >= 4 is 21.7 Å². The van der Waals surface area contributed by atoms with Crippen LogP contribution < -0.4 is 9.44 Å². The molecule has 1 aliphatic carbocycles. The van der Waals surface area contributed by atoms with Gasteiger partial charge in [0.25, 0.3) is 10.2 Å². The van der Waals surface area contributed by atoms with E-state index >= 15 is 0 Å². The minimum Gasteiger partial charge on any atom is -0.295 e. The molecule has 92 valence electrons. The molecule has 1 aromatic rings. The first-order valence-electron chi connectivity index (χ1n) is 5.37. The predicted molar refractivity (Wildman–Crippen MR) is 65.1 cm³/mol. The van der Waals surface area contributed by atoms with Crippen molar-refractivity contribution in [2.24, 2.45) is 0 Å². The smallest absolute Gasteiger partial charge is 0.295 e. The molecule has 1 aromatic carbocycles. The highest BCUT2D eigenvalue weighted by atomic mass is 32.2. The van der Waals surface area contributed by atoms with Gasteiger partial charge in [0.1, 0.15) is 0 Å². The van der Waals surface area contributed by atoms with Crippen molar-refractivity contribution in [3.05, 3.63) is 29.8 Å². The molecule has 1 fully saturated rings. The summed E-state index contributed by atoms with van der Waals surface area (Å²) in [6, 6.07) is 6.48. The van der Waals surface area contributed by atoms with E-state index in [0.717, 1.165) is 12.8 Å². The van der Waals surface area contributed by atoms with Crippen molar-refractivity contribution < 1.29 is 13.2 Å². The number of rotatable bonds is 5. The third-order valence-electron chi connectivity index (χ3n) is 2.42. The topological polar surface area (TPSA) is 75.3 Å². The lowest BCUT2D eigenvalue weighted by Crippen LogP contribution is -2.31. The number of carbonyl (C=O) groups excluding carboxylic acids is 1. The third kappa shape index (κ3) is 3.54. The van der Waals surface area contributed by atoms with E-state index in [4.69, 9.17) is 0 Å². The van der Waals surface area contributed by atoms with Crippen LogP contribution in [0, 0.1) is 0 Å². The Bertz CT molecular complexity index is 535. The van der Waals surface area contributed by atoms with Crippen LogP contribution in [0.25, 0.3) is 0 Å². The summed E-state index contributed by atoms with van der Waals surface area (Å²) in [6.45, 7) is 1.44. The number of ketones is 1. The maximum Gasteiger partial charge on any atom is 0.299 e. The standard InChI is InChI=1S/C11H14N2O3S/c1-8(14)9-3-2-4-11(7-9)13-17(15,16)12-10-5-6-10/h2-4,7,10,12-13H,5-6H2,1H3. The van der Waals surface area contributed by atoms with Gasteiger partial charge < -0.3 is 0 Å². The zero-order valence-corrected chi connectivity index (χ0v) is 10.3. The molecule has 5 nitrogen and oxygen atoms in total. The van der Waals surface area contributed by atoms with Gasteiger partial charge >= 0.3 is 0 Å². The van der Waals surface area contributed by atoms with E-state index in [1.165, 1.54) is 13.0 Å². The number of carbonyl (C=O) groups is 1. The number of hydrogen-bond donors (Lipinski definition) is 2. The van der Waals surface area contributed by atoms with E-state index in [-0.39, 0.29) is 11.8 Å². The fraction of sp³-hybridized carbons (Fsp3) is 0.364. The molecule has 0 atom stereocenters. The molecule has 0 amide bonds. The van der Waals surface area contributed by atoms with Crippen LogP contribution in [0.3, 0.4) is 0 Å². The number of nitrogens with one attached hydrogen (secondary N) is 2. The van der Waals surface area contributed by atoms with Gasteiger partial charge in [-0.1, -0.05) is 12.1 Å². The van der Waals surface area contributed by atoms with E-state index in [1.807, 2.05) is 0 Å². The van der Waals surface area contributed by atoms with Gasteiger partial charge in [-0.25, -0.2) is 0 Å². The number of hydrogen-bond acceptors (Lipinski definition) is 3. The lowest BCUT2D eigenvalue weighted by Gasteiger charge is -2.09. The van der Waals surface area contributed by atoms with Crippen molar-refractivity contribution in [2.75, 3.05) is 4.72 Å². The van der Waals surface area contributed by atoms with Crippen LogP contribution in [0.15, 0.2) is 24.3 Å². The van der Waals surface area contributed by atoms with Gasteiger partial charge in [-0.3, -0.25) is 9.52 Å². The molecule has 0 aromatic heterocycles. The Hall–Kier alpha value is -1.40. The molecule has 1 aliphatic rings. The molecule has 0 unspecified atom stereocenters. The van der Waals surface area contributed by atoms with E-state index in [0.29, 0.717) is 11.3 Å². The number of Topliss-reactive ketones (excluding diaryl/α,β-unsaturated/α-hetero) is 1. The van der Waals surface area contributed by atoms with Crippen molar-refractivity contribution in [1.82, 2.24) is 4.72 Å². The Morgan fingerprint density at radius 1 is 1.35 bits per heavy atom. The quantitative estimate of drug-likeness (QED) is 0.778. The Labute approximate surface area is 100 Å². The van der Waals surface area contributed by atoms with Crippen molar-refractivity contribution in [3.63, 3.8) is 0 Å². The van der Waals surface area contributed by atoms with Crippen LogP contribution in [0.2, 0.25) is 0 Å². The molecule has 17 heavy (non-hydrogen) atoms. The molecule has 0 saturated heterocycles. The van der Waals surface area contributed by atoms with Gasteiger partial charge in [-0.05, 0) is 31.9 Å². The molecular weight excluding hydrogens is 240 g/mol. The Morgan fingerprint density at radius 3 is 2.65 bits per heavy atom. The highest BCUT2D eigenvalue weighted by molar-refractivity contribution is 7.90. The van der Waals surface area contributed by atoms with Crippen LogP contribution in [-0.4, -0.2) is 20.2 Å². The summed E-state index contributed by atoms with van der Waals surface area (Å²) >= 11 is 0. The Balaban J connectivity index is 2.12. The zero-order valence-electron chi connectivity index (χ0n) is 9.43. The maximum atomic E-state index is 11.6. The number of benzene rings is 1. The largest absolute Gasteiger partial charge is 0.299 e.